The number of halogens is 1. The summed E-state index contributed by atoms with van der Waals surface area (Å²) in [6.45, 7) is 5.57. The molecule has 0 saturated carbocycles. The average molecular weight is 458 g/mol. The molecule has 0 fully saturated rings. The predicted octanol–water partition coefficient (Wildman–Crippen LogP) is 4.62. The van der Waals surface area contributed by atoms with Gasteiger partial charge in [0.1, 0.15) is 6.04 Å². The second-order valence-corrected chi connectivity index (χ2v) is 8.53. The van der Waals surface area contributed by atoms with Crippen LogP contribution in [0.3, 0.4) is 0 Å². The van der Waals surface area contributed by atoms with E-state index in [-0.39, 0.29) is 11.8 Å². The van der Waals surface area contributed by atoms with Crippen molar-refractivity contribution in [3.63, 3.8) is 0 Å². The summed E-state index contributed by atoms with van der Waals surface area (Å²) in [5.74, 6) is 0.669. The molecule has 9 heteroatoms. The highest BCUT2D eigenvalue weighted by molar-refractivity contribution is 7.99. The summed E-state index contributed by atoms with van der Waals surface area (Å²) in [7, 11) is 0. The molecule has 0 saturated heterocycles. The Kier molecular flexibility index (Phi) is 7.70. The van der Waals surface area contributed by atoms with Gasteiger partial charge in [0.15, 0.2) is 0 Å². The van der Waals surface area contributed by atoms with E-state index in [1.807, 2.05) is 32.0 Å². The van der Waals surface area contributed by atoms with Crippen molar-refractivity contribution in [1.82, 2.24) is 14.8 Å². The highest BCUT2D eigenvalue weighted by atomic mass is 35.5. The van der Waals surface area contributed by atoms with E-state index in [1.165, 1.54) is 11.8 Å². The molecular formula is C22H24ClN5O2S. The summed E-state index contributed by atoms with van der Waals surface area (Å²) in [4.78, 5) is 28.9. The van der Waals surface area contributed by atoms with Gasteiger partial charge in [-0.15, -0.1) is 11.8 Å². The molecule has 1 atom stereocenters. The first-order chi connectivity index (χ1) is 14.8. The molecule has 2 amide bonds. The molecule has 7 nitrogen and oxygen atoms in total. The number of hydrogen-bond donors (Lipinski definition) is 2. The fraction of sp³-hybridized carbons (Fsp3) is 0.273. The fourth-order valence-corrected chi connectivity index (χ4v) is 4.02. The lowest BCUT2D eigenvalue weighted by Crippen LogP contribution is -2.25. The normalized spacial score (nSPS) is 11.7. The van der Waals surface area contributed by atoms with Crippen LogP contribution in [0.25, 0.3) is 0 Å². The fourth-order valence-electron chi connectivity index (χ4n) is 3.02. The van der Waals surface area contributed by atoms with E-state index in [1.54, 1.807) is 42.2 Å². The van der Waals surface area contributed by atoms with E-state index in [0.717, 1.165) is 17.0 Å². The second-order valence-electron chi connectivity index (χ2n) is 7.13. The summed E-state index contributed by atoms with van der Waals surface area (Å²) in [6, 6.07) is 10.3. The van der Waals surface area contributed by atoms with E-state index in [0.29, 0.717) is 27.9 Å². The average Bonchev–Trinajstić information content (AvgIpc) is 3.08. The molecule has 162 valence electrons. The topological polar surface area (TPSA) is 88.9 Å². The molecule has 2 heterocycles. The molecule has 31 heavy (non-hydrogen) atoms. The number of amides is 2. The molecule has 1 unspecified atom stereocenters. The summed E-state index contributed by atoms with van der Waals surface area (Å²) in [5.41, 5.74) is 3.88. The highest BCUT2D eigenvalue weighted by Crippen LogP contribution is 2.27. The number of nitrogens with one attached hydrogen (secondary N) is 2. The number of nitrogens with zero attached hydrogens (tertiary/aromatic N) is 3. The van der Waals surface area contributed by atoms with E-state index < -0.39 is 6.04 Å². The van der Waals surface area contributed by atoms with E-state index in [9.17, 15) is 9.59 Å². The zero-order chi connectivity index (χ0) is 22.4. The van der Waals surface area contributed by atoms with Gasteiger partial charge in [-0.25, -0.2) is 0 Å². The first kappa shape index (κ1) is 22.8. The molecule has 2 N–H and O–H groups in total. The Morgan fingerprint density at radius 2 is 2.00 bits per heavy atom. The standard InChI is InChI=1S/C22H24ClN5O2S/c1-14-9-15(2)28(27-14)16(3)22(30)26-20-7-6-18(10-19(20)23)25-21(29)13-31-12-17-5-4-8-24-11-17/h4-11,16H,12-13H2,1-3H3,(H,25,29)(H,26,30). The van der Waals surface area contributed by atoms with Crippen molar-refractivity contribution >= 4 is 46.6 Å². The number of rotatable bonds is 8. The van der Waals surface area contributed by atoms with Gasteiger partial charge >= 0.3 is 0 Å². The summed E-state index contributed by atoms with van der Waals surface area (Å²) < 4.78 is 1.68. The van der Waals surface area contributed by atoms with Crippen molar-refractivity contribution < 1.29 is 9.59 Å². The van der Waals surface area contributed by atoms with Gasteiger partial charge in [0.2, 0.25) is 11.8 Å². The quantitative estimate of drug-likeness (QED) is 0.515. The molecule has 3 rings (SSSR count). The largest absolute Gasteiger partial charge is 0.325 e. The predicted molar refractivity (Wildman–Crippen MR) is 126 cm³/mol. The van der Waals surface area contributed by atoms with Crippen molar-refractivity contribution in [3.8, 4) is 0 Å². The molecule has 1 aromatic carbocycles. The lowest BCUT2D eigenvalue weighted by Gasteiger charge is -2.16. The number of anilines is 2. The van der Waals surface area contributed by atoms with Gasteiger partial charge in [-0.1, -0.05) is 17.7 Å². The van der Waals surface area contributed by atoms with E-state index in [2.05, 4.69) is 20.7 Å². The molecule has 2 aromatic heterocycles. The Labute approximate surface area is 190 Å². The van der Waals surface area contributed by atoms with Gasteiger partial charge in [0, 0.05) is 29.5 Å². The maximum atomic E-state index is 12.6. The number of pyridine rings is 1. The summed E-state index contributed by atoms with van der Waals surface area (Å²) in [6.07, 6.45) is 3.50. The van der Waals surface area contributed by atoms with E-state index in [4.69, 9.17) is 11.6 Å². The van der Waals surface area contributed by atoms with Crippen molar-refractivity contribution in [3.05, 3.63) is 70.8 Å². The van der Waals surface area contributed by atoms with Crippen LogP contribution in [0, 0.1) is 13.8 Å². The van der Waals surface area contributed by atoms with Crippen molar-refractivity contribution in [1.29, 1.82) is 0 Å². The van der Waals surface area contributed by atoms with Gasteiger partial charge in [-0.05, 0) is 56.7 Å². The molecule has 0 radical (unpaired) electrons. The maximum Gasteiger partial charge on any atom is 0.248 e. The van der Waals surface area contributed by atoms with Crippen LogP contribution in [0.2, 0.25) is 5.02 Å². The second kappa shape index (κ2) is 10.5. The highest BCUT2D eigenvalue weighted by Gasteiger charge is 2.19. The van der Waals surface area contributed by atoms with Crippen LogP contribution < -0.4 is 10.6 Å². The number of benzene rings is 1. The Morgan fingerprint density at radius 3 is 2.65 bits per heavy atom. The molecule has 0 spiro atoms. The molecule has 0 aliphatic carbocycles. The lowest BCUT2D eigenvalue weighted by atomic mass is 10.2. The van der Waals surface area contributed by atoms with Gasteiger partial charge < -0.3 is 10.6 Å². The number of thioether (sulfide) groups is 1. The molecule has 0 aliphatic rings. The zero-order valence-electron chi connectivity index (χ0n) is 17.6. The number of aromatic nitrogens is 3. The van der Waals surface area contributed by atoms with Gasteiger partial charge in [-0.3, -0.25) is 19.3 Å². The van der Waals surface area contributed by atoms with Crippen LogP contribution in [0.4, 0.5) is 11.4 Å². The van der Waals surface area contributed by atoms with Crippen LogP contribution in [0.5, 0.6) is 0 Å². The number of hydrogen-bond acceptors (Lipinski definition) is 5. The maximum absolute atomic E-state index is 12.6. The van der Waals surface area contributed by atoms with Crippen molar-refractivity contribution in [2.45, 2.75) is 32.6 Å². The third-order valence-electron chi connectivity index (χ3n) is 4.53. The van der Waals surface area contributed by atoms with Gasteiger partial charge in [0.25, 0.3) is 0 Å². The third-order valence-corrected chi connectivity index (χ3v) is 5.84. The summed E-state index contributed by atoms with van der Waals surface area (Å²) in [5, 5.41) is 10.3. The Balaban J connectivity index is 1.53. The monoisotopic (exact) mass is 457 g/mol. The first-order valence-corrected chi connectivity index (χ1v) is 11.3. The number of carbonyl (C=O) groups excluding carboxylic acids is 2. The minimum atomic E-state index is -0.485. The lowest BCUT2D eigenvalue weighted by molar-refractivity contribution is -0.119. The van der Waals surface area contributed by atoms with Crippen LogP contribution in [-0.4, -0.2) is 32.3 Å². The first-order valence-electron chi connectivity index (χ1n) is 9.73. The molecule has 3 aromatic rings. The zero-order valence-corrected chi connectivity index (χ0v) is 19.1. The van der Waals surface area contributed by atoms with Crippen molar-refractivity contribution in [2.24, 2.45) is 0 Å². The minimum Gasteiger partial charge on any atom is -0.325 e. The van der Waals surface area contributed by atoms with E-state index >= 15 is 0 Å². The van der Waals surface area contributed by atoms with Crippen LogP contribution >= 0.6 is 23.4 Å². The van der Waals surface area contributed by atoms with Crippen LogP contribution in [0.15, 0.2) is 48.8 Å². The van der Waals surface area contributed by atoms with Gasteiger partial charge in [-0.2, -0.15) is 5.10 Å². The SMILES string of the molecule is Cc1cc(C)n(C(C)C(=O)Nc2ccc(NC(=O)CSCc3cccnc3)cc2Cl)n1. The molecule has 0 aliphatic heterocycles. The molecular weight excluding hydrogens is 434 g/mol. The number of aryl methyl sites for hydroxylation is 2. The summed E-state index contributed by atoms with van der Waals surface area (Å²) >= 11 is 7.83. The molecule has 0 bridgehead atoms. The van der Waals surface area contributed by atoms with Gasteiger partial charge in [0.05, 0.1) is 22.2 Å². The Bertz CT molecular complexity index is 1070. The van der Waals surface area contributed by atoms with Crippen molar-refractivity contribution in [2.75, 3.05) is 16.4 Å². The Hall–Kier alpha value is -2.84. The smallest absolute Gasteiger partial charge is 0.248 e. The van der Waals surface area contributed by atoms with Crippen LogP contribution in [-0.2, 0) is 15.3 Å². The number of carbonyl (C=O) groups is 2. The third kappa shape index (κ3) is 6.32. The minimum absolute atomic E-state index is 0.125. The van der Waals surface area contributed by atoms with Crippen LogP contribution in [0.1, 0.15) is 29.9 Å². The Morgan fingerprint density at radius 1 is 1.19 bits per heavy atom.